The molecule has 2 fully saturated rings. The van der Waals surface area contributed by atoms with Crippen LogP contribution in [0.4, 0.5) is 0 Å². The van der Waals surface area contributed by atoms with Crippen LogP contribution in [0, 0.1) is 0 Å². The highest BCUT2D eigenvalue weighted by Crippen LogP contribution is 2.17. The first kappa shape index (κ1) is 9.97. The molecule has 2 atom stereocenters. The van der Waals surface area contributed by atoms with Crippen LogP contribution in [-0.2, 0) is 4.79 Å². The third kappa shape index (κ3) is 2.47. The summed E-state index contributed by atoms with van der Waals surface area (Å²) < 4.78 is 0. The molecule has 2 aliphatic heterocycles. The lowest BCUT2D eigenvalue weighted by Gasteiger charge is -2.31. The fraction of sp³-hybridized carbons (Fsp3) is 0.909. The second kappa shape index (κ2) is 4.78. The van der Waals surface area contributed by atoms with Crippen molar-refractivity contribution in [3.8, 4) is 0 Å². The van der Waals surface area contributed by atoms with Crippen LogP contribution in [0.25, 0.3) is 0 Å². The fourth-order valence-electron chi connectivity index (χ4n) is 2.52. The fourth-order valence-corrected chi connectivity index (χ4v) is 2.52. The van der Waals surface area contributed by atoms with E-state index in [0.29, 0.717) is 12.1 Å². The third-order valence-electron chi connectivity index (χ3n) is 3.35. The molecule has 2 saturated heterocycles. The highest BCUT2D eigenvalue weighted by atomic mass is 16.1. The van der Waals surface area contributed by atoms with E-state index in [0.717, 1.165) is 25.8 Å². The zero-order valence-corrected chi connectivity index (χ0v) is 8.72. The van der Waals surface area contributed by atoms with E-state index in [1.54, 1.807) is 0 Å². The lowest BCUT2D eigenvalue weighted by molar-refractivity contribution is -0.121. The van der Waals surface area contributed by atoms with Crippen molar-refractivity contribution in [1.82, 2.24) is 10.6 Å². The SMILES string of the molecule is O=C1CCCCC(C2CCCCN2)N1. The summed E-state index contributed by atoms with van der Waals surface area (Å²) >= 11 is 0. The second-order valence-corrected chi connectivity index (χ2v) is 4.48. The molecule has 0 radical (unpaired) electrons. The smallest absolute Gasteiger partial charge is 0.220 e. The Morgan fingerprint density at radius 2 is 1.79 bits per heavy atom. The Kier molecular flexibility index (Phi) is 3.40. The molecular formula is C11H20N2O. The molecule has 2 heterocycles. The van der Waals surface area contributed by atoms with Gasteiger partial charge in [-0.15, -0.1) is 0 Å². The van der Waals surface area contributed by atoms with E-state index in [9.17, 15) is 4.79 Å². The van der Waals surface area contributed by atoms with Crippen LogP contribution in [0.2, 0.25) is 0 Å². The monoisotopic (exact) mass is 196 g/mol. The minimum Gasteiger partial charge on any atom is -0.352 e. The number of carbonyl (C=O) groups is 1. The molecular weight excluding hydrogens is 176 g/mol. The maximum Gasteiger partial charge on any atom is 0.220 e. The Morgan fingerprint density at radius 1 is 1.00 bits per heavy atom. The molecule has 3 heteroatoms. The number of hydrogen-bond donors (Lipinski definition) is 2. The Hall–Kier alpha value is -0.570. The van der Waals surface area contributed by atoms with Gasteiger partial charge in [-0.05, 0) is 32.2 Å². The molecule has 2 aliphatic rings. The molecule has 14 heavy (non-hydrogen) atoms. The Morgan fingerprint density at radius 3 is 2.57 bits per heavy atom. The van der Waals surface area contributed by atoms with Crippen LogP contribution in [-0.4, -0.2) is 24.5 Å². The number of piperidine rings is 1. The van der Waals surface area contributed by atoms with Gasteiger partial charge in [0.2, 0.25) is 5.91 Å². The van der Waals surface area contributed by atoms with Crippen molar-refractivity contribution in [2.45, 2.75) is 57.0 Å². The van der Waals surface area contributed by atoms with E-state index in [1.807, 2.05) is 0 Å². The maximum absolute atomic E-state index is 11.4. The molecule has 0 spiro atoms. The van der Waals surface area contributed by atoms with Crippen LogP contribution in [0.3, 0.4) is 0 Å². The zero-order valence-electron chi connectivity index (χ0n) is 8.72. The number of nitrogens with one attached hydrogen (secondary N) is 2. The van der Waals surface area contributed by atoms with Gasteiger partial charge in [0.1, 0.15) is 0 Å². The average Bonchev–Trinajstić information content (AvgIpc) is 2.44. The third-order valence-corrected chi connectivity index (χ3v) is 3.35. The van der Waals surface area contributed by atoms with Gasteiger partial charge < -0.3 is 10.6 Å². The van der Waals surface area contributed by atoms with Crippen LogP contribution in [0.5, 0.6) is 0 Å². The van der Waals surface area contributed by atoms with Crippen LogP contribution in [0.1, 0.15) is 44.9 Å². The van der Waals surface area contributed by atoms with E-state index in [1.165, 1.54) is 25.7 Å². The predicted octanol–water partition coefficient (Wildman–Crippen LogP) is 1.19. The van der Waals surface area contributed by atoms with Crippen molar-refractivity contribution in [2.75, 3.05) is 6.54 Å². The normalized spacial score (nSPS) is 34.7. The van der Waals surface area contributed by atoms with Crippen LogP contribution in [0.15, 0.2) is 0 Å². The number of amides is 1. The quantitative estimate of drug-likeness (QED) is 0.661. The molecule has 2 N–H and O–H groups in total. The summed E-state index contributed by atoms with van der Waals surface area (Å²) in [7, 11) is 0. The molecule has 0 bridgehead atoms. The molecule has 2 rings (SSSR count). The molecule has 0 aromatic carbocycles. The van der Waals surface area contributed by atoms with E-state index in [2.05, 4.69) is 10.6 Å². The topological polar surface area (TPSA) is 41.1 Å². The van der Waals surface area contributed by atoms with E-state index in [-0.39, 0.29) is 5.91 Å². The summed E-state index contributed by atoms with van der Waals surface area (Å²) in [6, 6.07) is 0.927. The molecule has 1 amide bonds. The molecule has 0 aromatic heterocycles. The molecule has 0 aromatic rings. The lowest BCUT2D eigenvalue weighted by Crippen LogP contribution is -2.50. The summed E-state index contributed by atoms with van der Waals surface area (Å²) in [6.07, 6.45) is 7.97. The molecule has 2 unspecified atom stereocenters. The number of hydrogen-bond acceptors (Lipinski definition) is 2. The van der Waals surface area contributed by atoms with Crippen molar-refractivity contribution >= 4 is 5.91 Å². The molecule has 0 aliphatic carbocycles. The van der Waals surface area contributed by atoms with Gasteiger partial charge >= 0.3 is 0 Å². The Bertz CT molecular complexity index is 199. The van der Waals surface area contributed by atoms with Gasteiger partial charge in [-0.2, -0.15) is 0 Å². The summed E-state index contributed by atoms with van der Waals surface area (Å²) in [4.78, 5) is 11.4. The average molecular weight is 196 g/mol. The molecule has 3 nitrogen and oxygen atoms in total. The first-order valence-corrected chi connectivity index (χ1v) is 5.89. The second-order valence-electron chi connectivity index (χ2n) is 4.48. The van der Waals surface area contributed by atoms with E-state index in [4.69, 9.17) is 0 Å². The van der Waals surface area contributed by atoms with Gasteiger partial charge in [0, 0.05) is 18.5 Å². The Labute approximate surface area is 85.6 Å². The van der Waals surface area contributed by atoms with Gasteiger partial charge in [0.25, 0.3) is 0 Å². The van der Waals surface area contributed by atoms with Crippen molar-refractivity contribution in [1.29, 1.82) is 0 Å². The highest BCUT2D eigenvalue weighted by Gasteiger charge is 2.25. The van der Waals surface area contributed by atoms with Crippen LogP contribution >= 0.6 is 0 Å². The summed E-state index contributed by atoms with van der Waals surface area (Å²) in [5, 5.41) is 6.67. The minimum atomic E-state index is 0.250. The van der Waals surface area contributed by atoms with E-state index < -0.39 is 0 Å². The van der Waals surface area contributed by atoms with Gasteiger partial charge in [0.05, 0.1) is 0 Å². The van der Waals surface area contributed by atoms with Crippen molar-refractivity contribution in [3.05, 3.63) is 0 Å². The van der Waals surface area contributed by atoms with Crippen molar-refractivity contribution in [2.24, 2.45) is 0 Å². The first-order valence-electron chi connectivity index (χ1n) is 5.89. The molecule has 0 saturated carbocycles. The van der Waals surface area contributed by atoms with Crippen molar-refractivity contribution < 1.29 is 4.79 Å². The maximum atomic E-state index is 11.4. The summed E-state index contributed by atoms with van der Waals surface area (Å²) in [5.41, 5.74) is 0. The molecule has 80 valence electrons. The van der Waals surface area contributed by atoms with Gasteiger partial charge in [0.15, 0.2) is 0 Å². The van der Waals surface area contributed by atoms with Crippen molar-refractivity contribution in [3.63, 3.8) is 0 Å². The largest absolute Gasteiger partial charge is 0.352 e. The summed E-state index contributed by atoms with van der Waals surface area (Å²) in [6.45, 7) is 1.12. The van der Waals surface area contributed by atoms with Gasteiger partial charge in [-0.1, -0.05) is 12.8 Å². The standard InChI is InChI=1S/C11H20N2O/c14-11-7-2-1-6-10(13-11)9-5-3-4-8-12-9/h9-10,12H,1-8H2,(H,13,14). The highest BCUT2D eigenvalue weighted by molar-refractivity contribution is 5.76. The van der Waals surface area contributed by atoms with Gasteiger partial charge in [-0.25, -0.2) is 0 Å². The lowest BCUT2D eigenvalue weighted by atomic mass is 9.95. The van der Waals surface area contributed by atoms with E-state index >= 15 is 0 Å². The number of rotatable bonds is 1. The first-order chi connectivity index (χ1) is 6.86. The summed E-state index contributed by atoms with van der Waals surface area (Å²) in [5.74, 6) is 0.250. The predicted molar refractivity (Wildman–Crippen MR) is 56.0 cm³/mol. The number of carbonyl (C=O) groups excluding carboxylic acids is 1. The van der Waals surface area contributed by atoms with Crippen LogP contribution < -0.4 is 10.6 Å². The Balaban J connectivity index is 1.90. The van der Waals surface area contributed by atoms with Gasteiger partial charge in [-0.3, -0.25) is 4.79 Å². The minimum absolute atomic E-state index is 0.250. The zero-order chi connectivity index (χ0) is 9.80.